The Balaban J connectivity index is 2.59. The average molecular weight is 277 g/mol. The summed E-state index contributed by atoms with van der Waals surface area (Å²) in [5.41, 5.74) is 5.41. The summed E-state index contributed by atoms with van der Waals surface area (Å²) in [6.45, 7) is 0.399. The fourth-order valence-corrected chi connectivity index (χ4v) is 3.42. The molecule has 0 aliphatic carbocycles. The lowest BCUT2D eigenvalue weighted by molar-refractivity contribution is -0.120. The molecule has 0 spiro atoms. The van der Waals surface area contributed by atoms with Crippen LogP contribution in [0, 0.1) is 0 Å². The molecule has 6 nitrogen and oxygen atoms in total. The maximum atomic E-state index is 11.8. The standard InChI is InChI=1S/C9H15N3O3S2/c1-11-8(13)4-5-12-17(14,15)9-3-2-7(6-10)16-9/h2-3,12H,4-6,10H2,1H3,(H,11,13). The fraction of sp³-hybridized carbons (Fsp3) is 0.444. The van der Waals surface area contributed by atoms with E-state index in [1.807, 2.05) is 0 Å². The molecule has 17 heavy (non-hydrogen) atoms. The summed E-state index contributed by atoms with van der Waals surface area (Å²) in [5.74, 6) is -0.207. The minimum Gasteiger partial charge on any atom is -0.359 e. The first-order chi connectivity index (χ1) is 7.99. The molecule has 0 saturated heterocycles. The van der Waals surface area contributed by atoms with Crippen molar-refractivity contribution in [2.24, 2.45) is 5.73 Å². The van der Waals surface area contributed by atoms with E-state index in [0.29, 0.717) is 6.54 Å². The second-order valence-corrected chi connectivity index (χ2v) is 6.41. The summed E-state index contributed by atoms with van der Waals surface area (Å²) < 4.78 is 26.1. The molecule has 0 bridgehead atoms. The minimum absolute atomic E-state index is 0.0812. The highest BCUT2D eigenvalue weighted by Crippen LogP contribution is 2.20. The van der Waals surface area contributed by atoms with Gasteiger partial charge < -0.3 is 11.1 Å². The molecule has 0 aliphatic rings. The molecule has 1 aromatic rings. The number of hydrogen-bond acceptors (Lipinski definition) is 5. The van der Waals surface area contributed by atoms with Gasteiger partial charge in [-0.15, -0.1) is 11.3 Å². The van der Waals surface area contributed by atoms with E-state index in [4.69, 9.17) is 5.73 Å². The van der Waals surface area contributed by atoms with Crippen molar-refractivity contribution in [1.29, 1.82) is 0 Å². The summed E-state index contributed by atoms with van der Waals surface area (Å²) in [4.78, 5) is 11.7. The smallest absolute Gasteiger partial charge is 0.250 e. The maximum absolute atomic E-state index is 11.8. The van der Waals surface area contributed by atoms with E-state index in [1.165, 1.54) is 13.1 Å². The first kappa shape index (κ1) is 14.1. The molecule has 1 aromatic heterocycles. The number of carbonyl (C=O) groups is 1. The van der Waals surface area contributed by atoms with Crippen molar-refractivity contribution in [2.75, 3.05) is 13.6 Å². The molecule has 8 heteroatoms. The highest BCUT2D eigenvalue weighted by molar-refractivity contribution is 7.91. The van der Waals surface area contributed by atoms with Gasteiger partial charge in [0.05, 0.1) is 0 Å². The highest BCUT2D eigenvalue weighted by Gasteiger charge is 2.16. The topological polar surface area (TPSA) is 101 Å². The van der Waals surface area contributed by atoms with E-state index in [0.717, 1.165) is 16.2 Å². The number of hydrogen-bond donors (Lipinski definition) is 3. The van der Waals surface area contributed by atoms with Crippen molar-refractivity contribution in [3.8, 4) is 0 Å². The van der Waals surface area contributed by atoms with Crippen LogP contribution in [0.15, 0.2) is 16.3 Å². The van der Waals surface area contributed by atoms with Crippen LogP contribution in [0.2, 0.25) is 0 Å². The third-order valence-electron chi connectivity index (χ3n) is 2.03. The van der Waals surface area contributed by atoms with Gasteiger partial charge in [-0.1, -0.05) is 0 Å². The van der Waals surface area contributed by atoms with Gasteiger partial charge in [-0.3, -0.25) is 4.79 Å². The molecular formula is C9H15N3O3S2. The third-order valence-corrected chi connectivity index (χ3v) is 5.09. The monoisotopic (exact) mass is 277 g/mol. The number of nitrogens with two attached hydrogens (primary N) is 1. The van der Waals surface area contributed by atoms with E-state index in [2.05, 4.69) is 10.0 Å². The maximum Gasteiger partial charge on any atom is 0.250 e. The van der Waals surface area contributed by atoms with E-state index in [-0.39, 0.29) is 23.1 Å². The van der Waals surface area contributed by atoms with Crippen molar-refractivity contribution in [3.63, 3.8) is 0 Å². The number of amides is 1. The highest BCUT2D eigenvalue weighted by atomic mass is 32.2. The van der Waals surface area contributed by atoms with E-state index in [1.54, 1.807) is 6.07 Å². The third kappa shape index (κ3) is 4.08. The number of nitrogens with one attached hydrogen (secondary N) is 2. The molecular weight excluding hydrogens is 262 g/mol. The van der Waals surface area contributed by atoms with Crippen molar-refractivity contribution >= 4 is 27.3 Å². The zero-order valence-corrected chi connectivity index (χ0v) is 11.0. The molecule has 1 amide bonds. The SMILES string of the molecule is CNC(=O)CCNS(=O)(=O)c1ccc(CN)s1. The summed E-state index contributed by atoms with van der Waals surface area (Å²) >= 11 is 1.13. The molecule has 1 heterocycles. The van der Waals surface area contributed by atoms with Crippen LogP contribution < -0.4 is 15.8 Å². The van der Waals surface area contributed by atoms with Gasteiger partial charge in [-0.25, -0.2) is 13.1 Å². The second kappa shape index (κ2) is 6.10. The van der Waals surface area contributed by atoms with Crippen molar-refractivity contribution in [1.82, 2.24) is 10.0 Å². The zero-order valence-electron chi connectivity index (χ0n) is 9.39. The molecule has 0 atom stereocenters. The Morgan fingerprint density at radius 2 is 2.18 bits per heavy atom. The summed E-state index contributed by atoms with van der Waals surface area (Å²) in [6.07, 6.45) is 0.116. The predicted molar refractivity (Wildman–Crippen MR) is 66.1 cm³/mol. The van der Waals surface area contributed by atoms with Gasteiger partial charge in [0.15, 0.2) is 0 Å². The zero-order chi connectivity index (χ0) is 12.9. The lowest BCUT2D eigenvalue weighted by atomic mass is 10.4. The van der Waals surface area contributed by atoms with Gasteiger partial charge >= 0.3 is 0 Å². The minimum atomic E-state index is -3.52. The first-order valence-electron chi connectivity index (χ1n) is 4.98. The summed E-state index contributed by atoms with van der Waals surface area (Å²) in [6, 6.07) is 3.19. The molecule has 4 N–H and O–H groups in total. The molecule has 0 fully saturated rings. The van der Waals surface area contributed by atoms with E-state index in [9.17, 15) is 13.2 Å². The largest absolute Gasteiger partial charge is 0.359 e. The Hall–Kier alpha value is -0.960. The lowest BCUT2D eigenvalue weighted by Crippen LogP contribution is -2.28. The van der Waals surface area contributed by atoms with Crippen LogP contribution in [-0.4, -0.2) is 27.9 Å². The van der Waals surface area contributed by atoms with Crippen LogP contribution >= 0.6 is 11.3 Å². The van der Waals surface area contributed by atoms with Crippen molar-refractivity contribution in [2.45, 2.75) is 17.2 Å². The lowest BCUT2D eigenvalue weighted by Gasteiger charge is -2.03. The average Bonchev–Trinajstić information content (AvgIpc) is 2.77. The first-order valence-corrected chi connectivity index (χ1v) is 7.28. The van der Waals surface area contributed by atoms with Crippen LogP contribution in [0.25, 0.3) is 0 Å². The summed E-state index contributed by atoms with van der Waals surface area (Å²) in [7, 11) is -2.02. The Bertz CT molecular complexity index is 481. The van der Waals surface area contributed by atoms with Gasteiger partial charge in [0, 0.05) is 31.4 Å². The van der Waals surface area contributed by atoms with Crippen LogP contribution in [0.4, 0.5) is 0 Å². The molecule has 0 aliphatic heterocycles. The number of sulfonamides is 1. The van der Waals surface area contributed by atoms with Crippen LogP contribution in [0.1, 0.15) is 11.3 Å². The number of rotatable bonds is 6. The van der Waals surface area contributed by atoms with Crippen LogP contribution in [0.5, 0.6) is 0 Å². The fourth-order valence-electron chi connectivity index (χ4n) is 1.11. The molecule has 0 saturated carbocycles. The Kier molecular flexibility index (Phi) is 5.06. The van der Waals surface area contributed by atoms with Gasteiger partial charge in [-0.2, -0.15) is 0 Å². The Morgan fingerprint density at radius 1 is 1.47 bits per heavy atom. The molecule has 0 radical (unpaired) electrons. The second-order valence-electron chi connectivity index (χ2n) is 3.25. The van der Waals surface area contributed by atoms with Gasteiger partial charge in [0.1, 0.15) is 4.21 Å². The van der Waals surface area contributed by atoms with Gasteiger partial charge in [0.25, 0.3) is 0 Å². The van der Waals surface area contributed by atoms with E-state index < -0.39 is 10.0 Å². The Morgan fingerprint density at radius 3 is 2.71 bits per heavy atom. The number of thiophene rings is 1. The molecule has 0 unspecified atom stereocenters. The predicted octanol–water partition coefficient (Wildman–Crippen LogP) is -0.379. The quantitative estimate of drug-likeness (QED) is 0.660. The van der Waals surface area contributed by atoms with Crippen LogP contribution in [0.3, 0.4) is 0 Å². The summed E-state index contributed by atoms with van der Waals surface area (Å²) in [5, 5.41) is 2.42. The van der Waals surface area contributed by atoms with Crippen molar-refractivity contribution in [3.05, 3.63) is 17.0 Å². The van der Waals surface area contributed by atoms with E-state index >= 15 is 0 Å². The Labute approximate surface area is 104 Å². The van der Waals surface area contributed by atoms with Crippen LogP contribution in [-0.2, 0) is 21.4 Å². The number of carbonyl (C=O) groups excluding carboxylic acids is 1. The molecule has 96 valence electrons. The normalized spacial score (nSPS) is 11.4. The van der Waals surface area contributed by atoms with Gasteiger partial charge in [-0.05, 0) is 12.1 Å². The molecule has 1 rings (SSSR count). The molecule has 0 aromatic carbocycles. The van der Waals surface area contributed by atoms with Gasteiger partial charge in [0.2, 0.25) is 15.9 Å². The van der Waals surface area contributed by atoms with Crippen molar-refractivity contribution < 1.29 is 13.2 Å².